The van der Waals surface area contributed by atoms with Crippen molar-refractivity contribution in [1.29, 1.82) is 0 Å². The van der Waals surface area contributed by atoms with Gasteiger partial charge < -0.3 is 32.1 Å². The molecule has 5 nitrogen and oxygen atoms in total. The van der Waals surface area contributed by atoms with Gasteiger partial charge in [-0.15, -0.1) is 0 Å². The Morgan fingerprint density at radius 3 is 2.30 bits per heavy atom. The van der Waals surface area contributed by atoms with Crippen molar-refractivity contribution in [3.05, 3.63) is 53.6 Å². The zero-order chi connectivity index (χ0) is 18.9. The molecule has 27 heavy (non-hydrogen) atoms. The summed E-state index contributed by atoms with van der Waals surface area (Å²) in [7, 11) is 5.30. The number of benzene rings is 2. The molecule has 2 aromatic carbocycles. The van der Waals surface area contributed by atoms with Crippen LogP contribution in [0.2, 0.25) is 0 Å². The minimum absolute atomic E-state index is 0. The molecule has 1 N–H and O–H groups in total. The van der Waals surface area contributed by atoms with E-state index in [0.29, 0.717) is 13.0 Å². The quantitative estimate of drug-likeness (QED) is 0.677. The number of hydrogen-bond acceptors (Lipinski definition) is 4. The van der Waals surface area contributed by atoms with Gasteiger partial charge in [0.05, 0.1) is 14.2 Å². The SMILES string of the molecule is COc1ccc(CCN(C)CCC(=O)Nc2ccc(C)cc2)cc1OC.[Cl-]. The van der Waals surface area contributed by atoms with Crippen LogP contribution in [0.4, 0.5) is 5.69 Å². The number of carbonyl (C=O) groups is 1. The number of nitrogens with zero attached hydrogens (tertiary/aromatic N) is 1. The molecule has 1 amide bonds. The summed E-state index contributed by atoms with van der Waals surface area (Å²) in [5.74, 6) is 1.51. The van der Waals surface area contributed by atoms with Crippen molar-refractivity contribution in [2.45, 2.75) is 19.8 Å². The van der Waals surface area contributed by atoms with Crippen molar-refractivity contribution >= 4 is 11.6 Å². The molecule has 0 saturated carbocycles. The van der Waals surface area contributed by atoms with Crippen LogP contribution >= 0.6 is 0 Å². The Bertz CT molecular complexity index is 720. The molecule has 0 bridgehead atoms. The summed E-state index contributed by atoms with van der Waals surface area (Å²) in [6.07, 6.45) is 1.35. The van der Waals surface area contributed by atoms with E-state index in [1.54, 1.807) is 14.2 Å². The lowest BCUT2D eigenvalue weighted by atomic mass is 10.1. The van der Waals surface area contributed by atoms with E-state index in [1.165, 1.54) is 11.1 Å². The molecule has 0 aliphatic rings. The maximum Gasteiger partial charge on any atom is 0.225 e. The van der Waals surface area contributed by atoms with E-state index in [-0.39, 0.29) is 18.3 Å². The second-order valence-electron chi connectivity index (χ2n) is 6.41. The van der Waals surface area contributed by atoms with Gasteiger partial charge >= 0.3 is 0 Å². The Balaban J connectivity index is 0.00000364. The predicted molar refractivity (Wildman–Crippen MR) is 105 cm³/mol. The van der Waals surface area contributed by atoms with E-state index >= 15 is 0 Å². The van der Waals surface area contributed by atoms with Gasteiger partial charge in [-0.25, -0.2) is 0 Å². The minimum atomic E-state index is 0. The van der Waals surface area contributed by atoms with Crippen LogP contribution < -0.4 is 27.2 Å². The third-order valence-electron chi connectivity index (χ3n) is 4.29. The van der Waals surface area contributed by atoms with Crippen molar-refractivity contribution in [1.82, 2.24) is 4.90 Å². The van der Waals surface area contributed by atoms with Gasteiger partial charge in [0.25, 0.3) is 0 Å². The molecule has 6 heteroatoms. The summed E-state index contributed by atoms with van der Waals surface area (Å²) in [6, 6.07) is 13.8. The fraction of sp³-hybridized carbons (Fsp3) is 0.381. The molecule has 0 atom stereocenters. The Hall–Kier alpha value is -2.24. The van der Waals surface area contributed by atoms with Crippen LogP contribution in [-0.4, -0.2) is 45.2 Å². The van der Waals surface area contributed by atoms with E-state index in [9.17, 15) is 4.79 Å². The third kappa shape index (κ3) is 7.49. The van der Waals surface area contributed by atoms with E-state index in [0.717, 1.165) is 30.2 Å². The number of amides is 1. The molecule has 0 spiro atoms. The normalized spacial score (nSPS) is 10.3. The summed E-state index contributed by atoms with van der Waals surface area (Å²) in [4.78, 5) is 14.2. The van der Waals surface area contributed by atoms with Gasteiger partial charge in [-0.1, -0.05) is 23.8 Å². The monoisotopic (exact) mass is 391 g/mol. The summed E-state index contributed by atoms with van der Waals surface area (Å²) in [6.45, 7) is 3.61. The fourth-order valence-electron chi connectivity index (χ4n) is 2.62. The first-order valence-corrected chi connectivity index (χ1v) is 8.78. The molecule has 0 unspecified atom stereocenters. The minimum Gasteiger partial charge on any atom is -1.00 e. The van der Waals surface area contributed by atoms with E-state index in [4.69, 9.17) is 9.47 Å². The van der Waals surface area contributed by atoms with Crippen molar-refractivity contribution in [2.75, 3.05) is 39.7 Å². The average molecular weight is 392 g/mol. The number of anilines is 1. The number of halogens is 1. The van der Waals surface area contributed by atoms with Crippen molar-refractivity contribution < 1.29 is 26.7 Å². The number of likely N-dealkylation sites (N-methyl/N-ethyl adjacent to an activating group) is 1. The molecule has 148 valence electrons. The molecule has 2 aromatic rings. The summed E-state index contributed by atoms with van der Waals surface area (Å²) in [5.41, 5.74) is 3.20. The number of hydrogen-bond donors (Lipinski definition) is 1. The van der Waals surface area contributed by atoms with Crippen molar-refractivity contribution in [3.63, 3.8) is 0 Å². The van der Waals surface area contributed by atoms with Gasteiger partial charge in [0.1, 0.15) is 0 Å². The maximum atomic E-state index is 12.1. The van der Waals surface area contributed by atoms with Crippen LogP contribution in [0.25, 0.3) is 0 Å². The molecule has 0 radical (unpaired) electrons. The largest absolute Gasteiger partial charge is 1.00 e. The molecule has 0 aromatic heterocycles. The van der Waals surface area contributed by atoms with E-state index in [2.05, 4.69) is 10.2 Å². The number of nitrogens with one attached hydrogen (secondary N) is 1. The number of carbonyl (C=O) groups excluding carboxylic acids is 1. The number of methoxy groups -OCH3 is 2. The Labute approximate surface area is 168 Å². The Kier molecular flexibility index (Phi) is 9.68. The number of ether oxygens (including phenoxy) is 2. The highest BCUT2D eigenvalue weighted by molar-refractivity contribution is 5.90. The van der Waals surface area contributed by atoms with Gasteiger partial charge in [-0.05, 0) is 50.2 Å². The van der Waals surface area contributed by atoms with Crippen LogP contribution in [-0.2, 0) is 11.2 Å². The van der Waals surface area contributed by atoms with Crippen LogP contribution in [0, 0.1) is 6.92 Å². The summed E-state index contributed by atoms with van der Waals surface area (Å²) >= 11 is 0. The molecular formula is C21H28ClN2O3-. The van der Waals surface area contributed by atoms with Crippen molar-refractivity contribution in [3.8, 4) is 11.5 Å². The van der Waals surface area contributed by atoms with Crippen molar-refractivity contribution in [2.24, 2.45) is 0 Å². The second-order valence-corrected chi connectivity index (χ2v) is 6.41. The molecular weight excluding hydrogens is 364 g/mol. The van der Waals surface area contributed by atoms with Gasteiger partial charge in [0.2, 0.25) is 5.91 Å². The van der Waals surface area contributed by atoms with Gasteiger partial charge in [0.15, 0.2) is 11.5 Å². The molecule has 0 aliphatic heterocycles. The molecule has 0 heterocycles. The average Bonchev–Trinajstić information content (AvgIpc) is 2.66. The lowest BCUT2D eigenvalue weighted by molar-refractivity contribution is -0.116. The predicted octanol–water partition coefficient (Wildman–Crippen LogP) is 0.519. The van der Waals surface area contributed by atoms with Crippen LogP contribution in [0.5, 0.6) is 11.5 Å². The van der Waals surface area contributed by atoms with Crippen LogP contribution in [0.3, 0.4) is 0 Å². The first-order valence-electron chi connectivity index (χ1n) is 8.78. The zero-order valence-corrected chi connectivity index (χ0v) is 17.2. The first kappa shape index (κ1) is 22.8. The topological polar surface area (TPSA) is 50.8 Å². The van der Waals surface area contributed by atoms with E-state index in [1.807, 2.05) is 56.4 Å². The summed E-state index contributed by atoms with van der Waals surface area (Å²) < 4.78 is 10.6. The lowest BCUT2D eigenvalue weighted by Gasteiger charge is -2.17. The smallest absolute Gasteiger partial charge is 0.225 e. The molecule has 0 fully saturated rings. The standard InChI is InChI=1S/C21H28N2O3.ClH/c1-16-5-8-18(9-6-16)22-21(24)12-14-23(2)13-11-17-7-10-19(25-3)20(15-17)26-4;/h5-10,15H,11-14H2,1-4H3,(H,22,24);1H/p-1. The number of aryl methyl sites for hydroxylation is 1. The highest BCUT2D eigenvalue weighted by atomic mass is 35.5. The van der Waals surface area contributed by atoms with Gasteiger partial charge in [0, 0.05) is 25.2 Å². The first-order chi connectivity index (χ1) is 12.5. The van der Waals surface area contributed by atoms with Crippen LogP contribution in [0.15, 0.2) is 42.5 Å². The highest BCUT2D eigenvalue weighted by Gasteiger charge is 2.08. The summed E-state index contributed by atoms with van der Waals surface area (Å²) in [5, 5.41) is 2.93. The maximum absolute atomic E-state index is 12.1. The van der Waals surface area contributed by atoms with Gasteiger partial charge in [-0.3, -0.25) is 4.79 Å². The second kappa shape index (κ2) is 11.5. The highest BCUT2D eigenvalue weighted by Crippen LogP contribution is 2.27. The number of rotatable bonds is 9. The molecule has 2 rings (SSSR count). The zero-order valence-electron chi connectivity index (χ0n) is 16.4. The van der Waals surface area contributed by atoms with E-state index < -0.39 is 0 Å². The molecule has 0 aliphatic carbocycles. The van der Waals surface area contributed by atoms with Gasteiger partial charge in [-0.2, -0.15) is 0 Å². The molecule has 0 saturated heterocycles. The lowest BCUT2D eigenvalue weighted by Crippen LogP contribution is -3.00. The third-order valence-corrected chi connectivity index (χ3v) is 4.29. The Morgan fingerprint density at radius 1 is 1.00 bits per heavy atom. The Morgan fingerprint density at radius 2 is 1.67 bits per heavy atom. The van der Waals surface area contributed by atoms with Crippen LogP contribution in [0.1, 0.15) is 17.5 Å². The fourth-order valence-corrected chi connectivity index (χ4v) is 2.62.